The zero-order valence-corrected chi connectivity index (χ0v) is 7.48. The molecule has 0 radical (unpaired) electrons. The van der Waals surface area contributed by atoms with E-state index in [4.69, 9.17) is 0 Å². The van der Waals surface area contributed by atoms with Crippen LogP contribution in [0.4, 0.5) is 4.39 Å². The maximum Gasteiger partial charge on any atom is 0.215 e. The Balaban J connectivity index is 0. The van der Waals surface area contributed by atoms with Crippen LogP contribution in [-0.4, -0.2) is 17.7 Å². The number of rotatable bonds is 3. The molecule has 0 aliphatic rings. The third-order valence-electron chi connectivity index (χ3n) is 0.988. The highest BCUT2D eigenvalue weighted by Gasteiger charge is 2.19. The van der Waals surface area contributed by atoms with Crippen LogP contribution in [-0.2, 0) is 9.59 Å². The van der Waals surface area contributed by atoms with Crippen molar-refractivity contribution in [2.24, 2.45) is 0 Å². The first kappa shape index (κ1) is 12.9. The predicted molar refractivity (Wildman–Crippen MR) is 42.2 cm³/mol. The predicted octanol–water partition coefficient (Wildman–Crippen LogP) is 1.92. The molecule has 66 valence electrons. The van der Waals surface area contributed by atoms with Gasteiger partial charge in [-0.15, -0.1) is 0 Å². The minimum absolute atomic E-state index is 0.0841. The highest BCUT2D eigenvalue weighted by atomic mass is 19.1. The molecule has 3 heteroatoms. The number of carbonyl (C=O) groups is 2. The van der Waals surface area contributed by atoms with Crippen LogP contribution in [0.3, 0.4) is 0 Å². The van der Waals surface area contributed by atoms with Crippen LogP contribution in [0.1, 0.15) is 34.1 Å². The van der Waals surface area contributed by atoms with Crippen molar-refractivity contribution >= 4 is 11.6 Å². The van der Waals surface area contributed by atoms with Crippen LogP contribution in [0, 0.1) is 0 Å². The summed E-state index contributed by atoms with van der Waals surface area (Å²) in [7, 11) is 0. The van der Waals surface area contributed by atoms with Crippen LogP contribution >= 0.6 is 0 Å². The van der Waals surface area contributed by atoms with Crippen molar-refractivity contribution in [3.63, 3.8) is 0 Å². The van der Waals surface area contributed by atoms with E-state index in [1.807, 2.05) is 13.8 Å². The second kappa shape index (κ2) is 7.38. The van der Waals surface area contributed by atoms with Crippen molar-refractivity contribution in [1.82, 2.24) is 0 Å². The Hall–Kier alpha value is -0.730. The molecule has 0 spiro atoms. The number of hydrogen-bond acceptors (Lipinski definition) is 2. The van der Waals surface area contributed by atoms with Crippen molar-refractivity contribution in [3.8, 4) is 0 Å². The lowest BCUT2D eigenvalue weighted by atomic mass is 10.1. The zero-order valence-electron chi connectivity index (χ0n) is 7.48. The van der Waals surface area contributed by atoms with Gasteiger partial charge in [0.25, 0.3) is 0 Å². The van der Waals surface area contributed by atoms with E-state index in [9.17, 15) is 14.0 Å². The van der Waals surface area contributed by atoms with Crippen molar-refractivity contribution in [3.05, 3.63) is 0 Å². The van der Waals surface area contributed by atoms with E-state index in [1.165, 1.54) is 6.92 Å². The quantitative estimate of drug-likeness (QED) is 0.594. The third-order valence-corrected chi connectivity index (χ3v) is 0.988. The topological polar surface area (TPSA) is 34.1 Å². The Morgan fingerprint density at radius 3 is 1.82 bits per heavy atom. The molecule has 0 saturated heterocycles. The molecular formula is C8H15FO2. The van der Waals surface area contributed by atoms with Crippen LogP contribution in [0.15, 0.2) is 0 Å². The molecule has 0 aliphatic heterocycles. The second-order valence-electron chi connectivity index (χ2n) is 1.79. The summed E-state index contributed by atoms with van der Waals surface area (Å²) in [5, 5.41) is 0. The maximum absolute atomic E-state index is 12.2. The zero-order chi connectivity index (χ0) is 9.44. The highest BCUT2D eigenvalue weighted by Crippen LogP contribution is 1.96. The fourth-order valence-electron chi connectivity index (χ4n) is 0.406. The molecule has 0 aromatic carbocycles. The molecule has 0 fully saturated rings. The van der Waals surface area contributed by atoms with Gasteiger partial charge in [-0.25, -0.2) is 4.39 Å². The summed E-state index contributed by atoms with van der Waals surface area (Å²) in [6.45, 7) is 6.59. The molecule has 11 heavy (non-hydrogen) atoms. The maximum atomic E-state index is 12.2. The number of Topliss-reactive ketones (excluding diaryl/α,β-unsaturated/α-hetero) is 2. The highest BCUT2D eigenvalue weighted by molar-refractivity contribution is 6.03. The number of hydrogen-bond donors (Lipinski definition) is 0. The van der Waals surface area contributed by atoms with Gasteiger partial charge in [0.05, 0.1) is 0 Å². The molecule has 1 atom stereocenters. The molecule has 2 nitrogen and oxygen atoms in total. The summed E-state index contributed by atoms with van der Waals surface area (Å²) in [5.41, 5.74) is 0. The van der Waals surface area contributed by atoms with E-state index in [1.54, 1.807) is 0 Å². The monoisotopic (exact) mass is 162 g/mol. The average molecular weight is 162 g/mol. The van der Waals surface area contributed by atoms with Crippen molar-refractivity contribution in [2.75, 3.05) is 0 Å². The largest absolute Gasteiger partial charge is 0.296 e. The summed E-state index contributed by atoms with van der Waals surface area (Å²) in [5.74, 6) is -1.34. The minimum atomic E-state index is -1.89. The Morgan fingerprint density at radius 1 is 1.36 bits per heavy atom. The fourth-order valence-corrected chi connectivity index (χ4v) is 0.406. The van der Waals surface area contributed by atoms with E-state index in [-0.39, 0.29) is 6.42 Å². The van der Waals surface area contributed by atoms with E-state index in [2.05, 4.69) is 0 Å². The van der Waals surface area contributed by atoms with Gasteiger partial charge >= 0.3 is 0 Å². The Morgan fingerprint density at radius 2 is 1.73 bits per heavy atom. The van der Waals surface area contributed by atoms with Gasteiger partial charge in [0, 0.05) is 6.42 Å². The summed E-state index contributed by atoms with van der Waals surface area (Å²) < 4.78 is 12.2. The average Bonchev–Trinajstić information content (AvgIpc) is 2.05. The Labute approximate surface area is 66.8 Å². The van der Waals surface area contributed by atoms with Gasteiger partial charge in [-0.3, -0.25) is 9.59 Å². The van der Waals surface area contributed by atoms with Gasteiger partial charge < -0.3 is 0 Å². The van der Waals surface area contributed by atoms with Crippen LogP contribution in [0.5, 0.6) is 0 Å². The van der Waals surface area contributed by atoms with Gasteiger partial charge in [0.2, 0.25) is 6.17 Å². The van der Waals surface area contributed by atoms with E-state index in [0.717, 1.165) is 6.92 Å². The smallest absolute Gasteiger partial charge is 0.215 e. The van der Waals surface area contributed by atoms with Gasteiger partial charge in [0.1, 0.15) is 0 Å². The summed E-state index contributed by atoms with van der Waals surface area (Å²) in [4.78, 5) is 20.5. The van der Waals surface area contributed by atoms with Crippen LogP contribution in [0.2, 0.25) is 0 Å². The minimum Gasteiger partial charge on any atom is -0.296 e. The standard InChI is InChI=1S/C6H9FO2.C2H6/c1-3-5(9)6(7)4(2)8;1-2/h6H,3H2,1-2H3;1-2H3. The molecule has 0 saturated carbocycles. The van der Waals surface area contributed by atoms with Gasteiger partial charge in [-0.1, -0.05) is 20.8 Å². The summed E-state index contributed by atoms with van der Waals surface area (Å²) in [6, 6.07) is 0. The van der Waals surface area contributed by atoms with Gasteiger partial charge in [0.15, 0.2) is 11.6 Å². The molecule has 0 aromatic heterocycles. The molecule has 0 heterocycles. The molecule has 1 unspecified atom stereocenters. The number of carbonyl (C=O) groups excluding carboxylic acids is 2. The first-order valence-electron chi connectivity index (χ1n) is 3.76. The number of ketones is 2. The Bertz CT molecular complexity index is 132. The summed E-state index contributed by atoms with van der Waals surface area (Å²) >= 11 is 0. The van der Waals surface area contributed by atoms with Gasteiger partial charge in [-0.2, -0.15) is 0 Å². The lowest BCUT2D eigenvalue weighted by Gasteiger charge is -1.97. The molecular weight excluding hydrogens is 147 g/mol. The second-order valence-corrected chi connectivity index (χ2v) is 1.79. The number of halogens is 1. The van der Waals surface area contributed by atoms with Crippen LogP contribution in [0.25, 0.3) is 0 Å². The first-order chi connectivity index (χ1) is 5.09. The fraction of sp³-hybridized carbons (Fsp3) is 0.750. The SMILES string of the molecule is CC.CCC(=O)C(F)C(C)=O. The first-order valence-corrected chi connectivity index (χ1v) is 3.76. The molecule has 0 aliphatic carbocycles. The lowest BCUT2D eigenvalue weighted by molar-refractivity contribution is -0.132. The van der Waals surface area contributed by atoms with E-state index in [0.29, 0.717) is 0 Å². The normalized spacial score (nSPS) is 11.0. The molecule has 0 N–H and O–H groups in total. The van der Waals surface area contributed by atoms with Crippen molar-refractivity contribution < 1.29 is 14.0 Å². The van der Waals surface area contributed by atoms with Crippen molar-refractivity contribution in [1.29, 1.82) is 0 Å². The van der Waals surface area contributed by atoms with Crippen LogP contribution < -0.4 is 0 Å². The lowest BCUT2D eigenvalue weighted by Crippen LogP contribution is -2.22. The molecule has 0 amide bonds. The van der Waals surface area contributed by atoms with E-state index < -0.39 is 17.7 Å². The Kier molecular flexibility index (Phi) is 8.65. The third kappa shape index (κ3) is 5.70. The molecule has 0 rings (SSSR count). The van der Waals surface area contributed by atoms with Gasteiger partial charge in [-0.05, 0) is 6.92 Å². The summed E-state index contributed by atoms with van der Waals surface area (Å²) in [6.07, 6.45) is -1.81. The molecule has 0 bridgehead atoms. The molecule has 0 aromatic rings. The van der Waals surface area contributed by atoms with E-state index >= 15 is 0 Å². The number of alkyl halides is 1. The van der Waals surface area contributed by atoms with Crippen molar-refractivity contribution in [2.45, 2.75) is 40.3 Å².